The number of likely N-dealkylation sites (tertiary alicyclic amines) is 8. The molecule has 15 rings (SSSR count). The number of carbonyl (C=O) groups excluding carboxylic acids is 1. The van der Waals surface area contributed by atoms with Crippen LogP contribution in [0.1, 0.15) is 259 Å². The molecule has 10 saturated heterocycles. The summed E-state index contributed by atoms with van der Waals surface area (Å²) >= 11 is 0. The fourth-order valence-electron chi connectivity index (χ4n) is 15.1. The highest BCUT2D eigenvalue weighted by atomic mass is 19.1. The lowest BCUT2D eigenvalue weighted by Crippen LogP contribution is -2.47. The Bertz CT molecular complexity index is 2670. The predicted octanol–water partition coefficient (Wildman–Crippen LogP) is 22.6. The molecule has 3 aromatic carbocycles. The molecule has 0 radical (unpaired) electrons. The summed E-state index contributed by atoms with van der Waals surface area (Å²) in [6.45, 7) is 65.1. The van der Waals surface area contributed by atoms with Crippen molar-refractivity contribution in [1.82, 2.24) is 58.8 Å². The van der Waals surface area contributed by atoms with Gasteiger partial charge in [-0.05, 0) is 340 Å². The van der Waals surface area contributed by atoms with E-state index in [1.54, 1.807) is 11.8 Å². The monoisotopic (exact) mass is 1680 g/mol. The van der Waals surface area contributed by atoms with Crippen LogP contribution >= 0.6 is 0 Å². The molecule has 12 aliphatic rings. The first kappa shape index (κ1) is 113. The fraction of sp³-hybridized carbons (Fsp3) is 0.788. The molecule has 1 amide bonds. The zero-order valence-electron chi connectivity index (χ0n) is 83.0. The summed E-state index contributed by atoms with van der Waals surface area (Å²) in [7, 11) is 23.1. The number of ether oxygens (including phenoxy) is 1. The van der Waals surface area contributed by atoms with E-state index in [0.29, 0.717) is 18.3 Å². The molecule has 2 aliphatic carbocycles. The van der Waals surface area contributed by atoms with E-state index in [1.165, 1.54) is 296 Å². The first-order valence-electron chi connectivity index (χ1n) is 48.4. The van der Waals surface area contributed by atoms with Gasteiger partial charge in [-0.15, -0.1) is 0 Å². The standard InChI is InChI=1S/C8H16N2.C8H17N.C8H7N.2C8H17N.C7H14FN.C7H14N2O2.C7H15N.C7H14.2C7H8.3C6H13N.C4H8/c1-8(2)10-6-4-9(3)5-7-10;1-8(2)4-6-9(3)7-5-8;1-7-5-3-4-6-8(7)9-2;2*1-3-8-4-6-9(2)7-5-8;1-7(8)3-5-9(2)6-4-7;1-8-3-5-9(6-4-8)7(10)11-2;1-7-3-5-8(2)6-4-7;6*1-7-5-3-2-4-6-7;1-4-2-3-4/h1,4-7H2,2-3H3;4-7H2,1-3H3;3-6H,1H3;2*8H,3-7H2,1-2H3;3-6H2,1-2H3;3-6H2,1-2H3;7H,3-6H2,1-2H3;7H,2-6H2,1H3;2*2-6H,1H3;3*2-6H2,1H3;4H,2-3H2,1H3. The second-order valence-electron chi connectivity index (χ2n) is 39.0. The van der Waals surface area contributed by atoms with E-state index < -0.39 is 5.67 Å². The van der Waals surface area contributed by atoms with Crippen LogP contribution in [0.4, 0.5) is 14.9 Å². The number of piperidine rings is 8. The van der Waals surface area contributed by atoms with Crippen LogP contribution in [0.3, 0.4) is 0 Å². The molecule has 2 saturated carbocycles. The van der Waals surface area contributed by atoms with Gasteiger partial charge in [0.25, 0.3) is 0 Å². The number of aryl methyl sites for hydroxylation is 3. The maximum Gasteiger partial charge on any atom is 0.409 e. The summed E-state index contributed by atoms with van der Waals surface area (Å²) < 4.78 is 17.6. The van der Waals surface area contributed by atoms with Crippen molar-refractivity contribution in [2.45, 2.75) is 269 Å². The Labute approximate surface area is 743 Å². The van der Waals surface area contributed by atoms with Crippen LogP contribution in [0.5, 0.6) is 0 Å². The molecule has 0 atom stereocenters. The molecule has 10 aliphatic heterocycles. The van der Waals surface area contributed by atoms with Gasteiger partial charge in [0, 0.05) is 71.1 Å². The minimum atomic E-state index is -0.882. The first-order chi connectivity index (χ1) is 57.2. The SMILES string of the molecule is C=C(C)N1CCN(C)CC1.CC1CC1.CC1CCCCC1.CC1CCN(C)CC1.CCC1CCN(C)CC1.CCC1CCN(C)CC1.CN1CCC(C)(C)CC1.CN1CCC(C)(F)CC1.CN1CCCCC1.CN1CCCCC1.CN1CCCCC1.COC(=O)N1CCN(C)CC1.Cc1ccccc1.Cc1ccccc1.[C-]#[N+]c1ccccc1C. The number of hydrogen-bond acceptors (Lipinski definition) is 13. The van der Waals surface area contributed by atoms with Crippen LogP contribution in [0.25, 0.3) is 4.85 Å². The Morgan fingerprint density at radius 3 is 0.900 bits per heavy atom. The Morgan fingerprint density at radius 1 is 0.383 bits per heavy atom. The number of hydrogen-bond donors (Lipinski definition) is 0. The lowest BCUT2D eigenvalue weighted by atomic mass is 9.83. The van der Waals surface area contributed by atoms with Crippen molar-refractivity contribution >= 4 is 11.8 Å². The number of piperazine rings is 2. The van der Waals surface area contributed by atoms with Crippen molar-refractivity contribution < 1.29 is 13.9 Å². The van der Waals surface area contributed by atoms with Gasteiger partial charge in [0.05, 0.1) is 13.7 Å². The van der Waals surface area contributed by atoms with Crippen LogP contribution in [0.15, 0.2) is 97.2 Å². The maximum atomic E-state index is 13.0. The number of halogens is 1. The molecule has 0 bridgehead atoms. The number of methoxy groups -OCH3 is 1. The molecule has 12 fully saturated rings. The van der Waals surface area contributed by atoms with Crippen molar-refractivity contribution in [2.24, 2.45) is 35.0 Å². The Balaban J connectivity index is 0.000000645. The van der Waals surface area contributed by atoms with E-state index in [0.717, 1.165) is 93.2 Å². The minimum absolute atomic E-state index is 0.210. The third kappa shape index (κ3) is 66.0. The van der Waals surface area contributed by atoms with E-state index in [4.69, 9.17) is 6.57 Å². The van der Waals surface area contributed by atoms with Crippen LogP contribution in [0.2, 0.25) is 0 Å². The fourth-order valence-corrected chi connectivity index (χ4v) is 15.1. The number of rotatable bonds is 3. The van der Waals surface area contributed by atoms with Gasteiger partial charge in [0.15, 0.2) is 5.69 Å². The topological polar surface area (TPSA) is 69.5 Å². The third-order valence-electron chi connectivity index (χ3n) is 25.8. The maximum absolute atomic E-state index is 13.0. The average molecular weight is 1680 g/mol. The van der Waals surface area contributed by atoms with Crippen LogP contribution in [-0.2, 0) is 4.74 Å². The first-order valence-corrected chi connectivity index (χ1v) is 48.4. The molecule has 10 heterocycles. The van der Waals surface area contributed by atoms with Crippen molar-refractivity contribution in [3.63, 3.8) is 0 Å². The van der Waals surface area contributed by atoms with Crippen molar-refractivity contribution in [1.29, 1.82) is 0 Å². The van der Waals surface area contributed by atoms with Gasteiger partial charge < -0.3 is 63.5 Å². The molecule has 0 aromatic heterocycles. The second kappa shape index (κ2) is 70.6. The van der Waals surface area contributed by atoms with Crippen LogP contribution in [-0.4, -0.2) is 305 Å². The summed E-state index contributed by atoms with van der Waals surface area (Å²) in [6, 6.07) is 28.1. The van der Waals surface area contributed by atoms with E-state index in [2.05, 4.69) is 227 Å². The average Bonchev–Trinajstić information content (AvgIpc) is 1.29. The molecule has 120 heavy (non-hydrogen) atoms. The van der Waals surface area contributed by atoms with Crippen LogP contribution in [0, 0.1) is 62.3 Å². The summed E-state index contributed by atoms with van der Waals surface area (Å²) in [4.78, 5) is 41.9. The van der Waals surface area contributed by atoms with Crippen molar-refractivity contribution in [2.75, 3.05) is 235 Å². The minimum Gasteiger partial charge on any atom is -0.453 e. The van der Waals surface area contributed by atoms with Gasteiger partial charge in [-0.2, -0.15) is 0 Å². The highest BCUT2D eigenvalue weighted by molar-refractivity contribution is 5.67. The molecule has 0 N–H and O–H groups in total. The number of carbonyl (C=O) groups is 1. The Kier molecular flexibility index (Phi) is 66.8. The molecular weight excluding hydrogens is 1480 g/mol. The Hall–Kier alpha value is -4.51. The highest BCUT2D eigenvalue weighted by Gasteiger charge is 2.28. The van der Waals surface area contributed by atoms with E-state index in [9.17, 15) is 9.18 Å². The van der Waals surface area contributed by atoms with Gasteiger partial charge in [0.1, 0.15) is 5.67 Å². The lowest BCUT2D eigenvalue weighted by molar-refractivity contribution is 0.0870. The number of amides is 1. The molecule has 16 heteroatoms. The number of alkyl halides is 1. The summed E-state index contributed by atoms with van der Waals surface area (Å²) in [5.74, 6) is 5.15. The zero-order valence-corrected chi connectivity index (χ0v) is 83.0. The van der Waals surface area contributed by atoms with Crippen molar-refractivity contribution in [3.8, 4) is 0 Å². The summed E-state index contributed by atoms with van der Waals surface area (Å²) in [5, 5.41) is 0. The van der Waals surface area contributed by atoms with Gasteiger partial charge in [-0.25, -0.2) is 14.0 Å². The quantitative estimate of drug-likeness (QED) is 0.234. The van der Waals surface area contributed by atoms with Gasteiger partial charge in [-0.1, -0.05) is 228 Å². The number of allylic oxidation sites excluding steroid dienone is 1. The van der Waals surface area contributed by atoms with E-state index in [1.807, 2.05) is 74.6 Å². The number of nitrogens with zero attached hydrogens (tertiary/aromatic N) is 13. The van der Waals surface area contributed by atoms with Gasteiger partial charge in [0.2, 0.25) is 0 Å². The second-order valence-corrected chi connectivity index (χ2v) is 39.0. The van der Waals surface area contributed by atoms with E-state index in [-0.39, 0.29) is 6.09 Å². The molecule has 3 aromatic rings. The van der Waals surface area contributed by atoms with Gasteiger partial charge in [-0.3, -0.25) is 0 Å². The summed E-state index contributed by atoms with van der Waals surface area (Å²) in [5.41, 5.74) is 5.38. The largest absolute Gasteiger partial charge is 0.453 e. The third-order valence-corrected chi connectivity index (χ3v) is 25.8. The molecule has 0 spiro atoms. The van der Waals surface area contributed by atoms with E-state index >= 15 is 0 Å². The number of likely N-dealkylation sites (N-methyl/N-ethyl adjacent to an activating group) is 2. The molecule has 15 nitrogen and oxygen atoms in total. The Morgan fingerprint density at radius 2 is 0.667 bits per heavy atom. The van der Waals surface area contributed by atoms with Gasteiger partial charge >= 0.3 is 6.09 Å². The number of benzene rings is 3. The van der Waals surface area contributed by atoms with Crippen molar-refractivity contribution in [3.05, 3.63) is 125 Å². The molecule has 694 valence electrons. The predicted molar refractivity (Wildman–Crippen MR) is 524 cm³/mol. The molecular formula is C104H194FN13O2. The number of para-hydroxylation sites is 1. The normalized spacial score (nSPS) is 21.7. The summed E-state index contributed by atoms with van der Waals surface area (Å²) in [6.07, 6.45) is 38.4. The highest BCUT2D eigenvalue weighted by Crippen LogP contribution is 2.30. The van der Waals surface area contributed by atoms with Crippen LogP contribution < -0.4 is 0 Å². The smallest absolute Gasteiger partial charge is 0.409 e. The lowest BCUT2D eigenvalue weighted by Gasteiger charge is -2.34. The zero-order chi connectivity index (χ0) is 89.4. The molecule has 0 unspecified atom stereocenters.